The third-order valence-electron chi connectivity index (χ3n) is 3.09. The summed E-state index contributed by atoms with van der Waals surface area (Å²) in [5.74, 6) is -0.367. The van der Waals surface area contributed by atoms with Crippen molar-refractivity contribution in [2.75, 3.05) is 6.54 Å². The van der Waals surface area contributed by atoms with Gasteiger partial charge in [-0.15, -0.1) is 0 Å². The lowest BCUT2D eigenvalue weighted by molar-refractivity contribution is -0.166. The van der Waals surface area contributed by atoms with E-state index in [-0.39, 0.29) is 5.97 Å². The summed E-state index contributed by atoms with van der Waals surface area (Å²) in [5, 5.41) is 0. The molecule has 1 atom stereocenters. The third kappa shape index (κ3) is 4.12. The Balaban J connectivity index is 2.87. The molecule has 0 saturated carbocycles. The molecule has 5 heteroatoms. The highest BCUT2D eigenvalue weighted by Gasteiger charge is 2.49. The summed E-state index contributed by atoms with van der Waals surface area (Å²) in [4.78, 5) is 26.1. The lowest BCUT2D eigenvalue weighted by atomic mass is 9.99. The van der Waals surface area contributed by atoms with Crippen molar-refractivity contribution in [3.05, 3.63) is 0 Å². The predicted octanol–water partition coefficient (Wildman–Crippen LogP) is 3.12. The molecule has 5 nitrogen and oxygen atoms in total. The molecule has 1 aliphatic heterocycles. The molecule has 1 fully saturated rings. The number of amides is 1. The van der Waals surface area contributed by atoms with Crippen molar-refractivity contribution in [3.63, 3.8) is 0 Å². The van der Waals surface area contributed by atoms with Gasteiger partial charge in [-0.2, -0.15) is 0 Å². The van der Waals surface area contributed by atoms with Crippen molar-refractivity contribution in [2.24, 2.45) is 0 Å². The SMILES string of the molecule is CC(C)(C)OC(=O)N1CCCC1(C)C(=O)OC(C)(C)C. The van der Waals surface area contributed by atoms with Crippen LogP contribution in [0.2, 0.25) is 0 Å². The molecule has 1 saturated heterocycles. The molecule has 0 aromatic heterocycles. The van der Waals surface area contributed by atoms with Crippen LogP contribution in [0.25, 0.3) is 0 Å². The van der Waals surface area contributed by atoms with Gasteiger partial charge in [-0.05, 0) is 61.3 Å². The molecule has 1 rings (SSSR count). The molecular formula is C15H27NO4. The molecule has 20 heavy (non-hydrogen) atoms. The average Bonchev–Trinajstić information content (AvgIpc) is 2.56. The number of esters is 1. The van der Waals surface area contributed by atoms with E-state index in [9.17, 15) is 9.59 Å². The summed E-state index contributed by atoms with van der Waals surface area (Å²) >= 11 is 0. The second kappa shape index (κ2) is 5.26. The quantitative estimate of drug-likeness (QED) is 0.695. The standard InChI is InChI=1S/C15H27NO4/c1-13(2,3)19-11(17)15(7)9-8-10-16(15)12(18)20-14(4,5)6/h8-10H2,1-7H3. The number of rotatable bonds is 1. The largest absolute Gasteiger partial charge is 0.458 e. The van der Waals surface area contributed by atoms with Crippen LogP contribution in [0.3, 0.4) is 0 Å². The number of hydrogen-bond acceptors (Lipinski definition) is 4. The monoisotopic (exact) mass is 285 g/mol. The van der Waals surface area contributed by atoms with Gasteiger partial charge in [0, 0.05) is 6.54 Å². The van der Waals surface area contributed by atoms with Gasteiger partial charge in [-0.1, -0.05) is 0 Å². The zero-order chi connectivity index (χ0) is 15.8. The lowest BCUT2D eigenvalue weighted by Crippen LogP contribution is -2.54. The van der Waals surface area contributed by atoms with Gasteiger partial charge in [0.25, 0.3) is 0 Å². The average molecular weight is 285 g/mol. The Morgan fingerprint density at radius 3 is 1.95 bits per heavy atom. The van der Waals surface area contributed by atoms with Gasteiger partial charge in [0.15, 0.2) is 0 Å². The van der Waals surface area contributed by atoms with Gasteiger partial charge in [-0.25, -0.2) is 9.59 Å². The summed E-state index contributed by atoms with van der Waals surface area (Å²) < 4.78 is 10.8. The predicted molar refractivity (Wildman–Crippen MR) is 76.4 cm³/mol. The molecule has 0 radical (unpaired) electrons. The third-order valence-corrected chi connectivity index (χ3v) is 3.09. The van der Waals surface area contributed by atoms with E-state index in [1.165, 1.54) is 4.90 Å². The number of ether oxygens (including phenoxy) is 2. The second-order valence-corrected chi connectivity index (χ2v) is 7.51. The van der Waals surface area contributed by atoms with Crippen molar-refractivity contribution in [1.29, 1.82) is 0 Å². The van der Waals surface area contributed by atoms with E-state index < -0.39 is 22.8 Å². The van der Waals surface area contributed by atoms with E-state index in [2.05, 4.69) is 0 Å². The molecule has 0 spiro atoms. The molecule has 0 bridgehead atoms. The fraction of sp³-hybridized carbons (Fsp3) is 0.867. The minimum Gasteiger partial charge on any atom is -0.458 e. The van der Waals surface area contributed by atoms with Crippen LogP contribution in [0.5, 0.6) is 0 Å². The highest BCUT2D eigenvalue weighted by atomic mass is 16.6. The Bertz CT molecular complexity index is 392. The molecule has 1 aliphatic rings. The molecular weight excluding hydrogens is 258 g/mol. The van der Waals surface area contributed by atoms with E-state index in [0.717, 1.165) is 6.42 Å². The number of likely N-dealkylation sites (tertiary alicyclic amines) is 1. The Hall–Kier alpha value is -1.26. The van der Waals surface area contributed by atoms with Crippen molar-refractivity contribution in [2.45, 2.75) is 78.0 Å². The minimum atomic E-state index is -0.935. The van der Waals surface area contributed by atoms with Crippen LogP contribution in [0.4, 0.5) is 4.79 Å². The summed E-state index contributed by atoms with van der Waals surface area (Å²) in [7, 11) is 0. The Kier molecular flexibility index (Phi) is 4.42. The first-order valence-electron chi connectivity index (χ1n) is 7.09. The highest BCUT2D eigenvalue weighted by Crippen LogP contribution is 2.33. The first-order valence-corrected chi connectivity index (χ1v) is 7.09. The Morgan fingerprint density at radius 2 is 1.50 bits per heavy atom. The van der Waals surface area contributed by atoms with Crippen molar-refractivity contribution >= 4 is 12.1 Å². The van der Waals surface area contributed by atoms with Crippen LogP contribution < -0.4 is 0 Å². The lowest BCUT2D eigenvalue weighted by Gasteiger charge is -2.36. The number of carbonyl (C=O) groups excluding carboxylic acids is 2. The fourth-order valence-electron chi connectivity index (χ4n) is 2.17. The van der Waals surface area contributed by atoms with Crippen LogP contribution >= 0.6 is 0 Å². The van der Waals surface area contributed by atoms with E-state index in [1.807, 2.05) is 41.5 Å². The molecule has 1 amide bonds. The van der Waals surface area contributed by atoms with Crippen molar-refractivity contribution < 1.29 is 19.1 Å². The molecule has 116 valence electrons. The zero-order valence-corrected chi connectivity index (χ0v) is 13.7. The maximum absolute atomic E-state index is 12.4. The maximum Gasteiger partial charge on any atom is 0.411 e. The topological polar surface area (TPSA) is 55.8 Å². The van der Waals surface area contributed by atoms with Gasteiger partial charge in [0.05, 0.1) is 0 Å². The highest BCUT2D eigenvalue weighted by molar-refractivity contribution is 5.86. The summed E-state index contributed by atoms with van der Waals surface area (Å²) in [6.07, 6.45) is 0.916. The van der Waals surface area contributed by atoms with Crippen molar-refractivity contribution in [1.82, 2.24) is 4.90 Å². The number of nitrogens with zero attached hydrogens (tertiary/aromatic N) is 1. The van der Waals surface area contributed by atoms with Gasteiger partial charge < -0.3 is 9.47 Å². The molecule has 1 heterocycles. The van der Waals surface area contributed by atoms with Gasteiger partial charge in [0.2, 0.25) is 0 Å². The molecule has 0 aromatic carbocycles. The number of carbonyl (C=O) groups is 2. The summed E-state index contributed by atoms with van der Waals surface area (Å²) in [6, 6.07) is 0. The van der Waals surface area contributed by atoms with Crippen LogP contribution in [0.15, 0.2) is 0 Å². The van der Waals surface area contributed by atoms with E-state index >= 15 is 0 Å². The van der Waals surface area contributed by atoms with Gasteiger partial charge in [0.1, 0.15) is 16.7 Å². The maximum atomic E-state index is 12.4. The molecule has 0 aromatic rings. The first kappa shape index (κ1) is 16.8. The van der Waals surface area contributed by atoms with E-state index in [4.69, 9.17) is 9.47 Å². The van der Waals surface area contributed by atoms with E-state index in [1.54, 1.807) is 6.92 Å². The van der Waals surface area contributed by atoms with Crippen molar-refractivity contribution in [3.8, 4) is 0 Å². The van der Waals surface area contributed by atoms with Crippen LogP contribution in [0, 0.1) is 0 Å². The summed E-state index contributed by atoms with van der Waals surface area (Å²) in [6.45, 7) is 13.2. The van der Waals surface area contributed by atoms with Gasteiger partial charge >= 0.3 is 12.1 Å². The minimum absolute atomic E-state index is 0.367. The number of hydrogen-bond donors (Lipinski definition) is 0. The molecule has 1 unspecified atom stereocenters. The molecule has 0 aliphatic carbocycles. The normalized spacial score (nSPS) is 23.6. The molecule has 0 N–H and O–H groups in total. The summed E-state index contributed by atoms with van der Waals surface area (Å²) in [5.41, 5.74) is -2.08. The van der Waals surface area contributed by atoms with Crippen LogP contribution in [-0.4, -0.2) is 40.2 Å². The Morgan fingerprint density at radius 1 is 1.00 bits per heavy atom. The smallest absolute Gasteiger partial charge is 0.411 e. The van der Waals surface area contributed by atoms with Crippen LogP contribution in [-0.2, 0) is 14.3 Å². The first-order chi connectivity index (χ1) is 8.85. The second-order valence-electron chi connectivity index (χ2n) is 7.51. The fourth-order valence-corrected chi connectivity index (χ4v) is 2.17. The van der Waals surface area contributed by atoms with Gasteiger partial charge in [-0.3, -0.25) is 4.90 Å². The van der Waals surface area contributed by atoms with Crippen LogP contribution in [0.1, 0.15) is 61.3 Å². The van der Waals surface area contributed by atoms with E-state index in [0.29, 0.717) is 13.0 Å². The zero-order valence-electron chi connectivity index (χ0n) is 13.7. The Labute approximate surface area is 121 Å².